The highest BCUT2D eigenvalue weighted by Gasteiger charge is 2.12. The average Bonchev–Trinajstić information content (AvgIpc) is 2.04. The van der Waals surface area contributed by atoms with Crippen molar-refractivity contribution in [2.45, 2.75) is 13.3 Å². The van der Waals surface area contributed by atoms with E-state index in [1.54, 1.807) is 12.2 Å². The van der Waals surface area contributed by atoms with Gasteiger partial charge in [0.05, 0.1) is 5.71 Å². The van der Waals surface area contributed by atoms with Gasteiger partial charge in [-0.15, -0.1) is 0 Å². The minimum Gasteiger partial charge on any atom is -0.411 e. The monoisotopic (exact) mass is 151 g/mol. The van der Waals surface area contributed by atoms with Crippen molar-refractivity contribution in [3.63, 3.8) is 0 Å². The zero-order chi connectivity index (χ0) is 8.27. The molecule has 0 aromatic carbocycles. The van der Waals surface area contributed by atoms with Gasteiger partial charge in [-0.2, -0.15) is 0 Å². The van der Waals surface area contributed by atoms with Gasteiger partial charge in [-0.05, 0) is 13.0 Å². The molecule has 58 valence electrons. The van der Waals surface area contributed by atoms with Gasteiger partial charge in [0.25, 0.3) is 0 Å². The first kappa shape index (κ1) is 7.72. The Bertz CT molecular complexity index is 261. The Labute approximate surface area is 64.7 Å². The first-order valence-corrected chi connectivity index (χ1v) is 3.34. The minimum absolute atomic E-state index is 0.0675. The molecular formula is C8H9NO2. The highest BCUT2D eigenvalue weighted by atomic mass is 16.4. The Morgan fingerprint density at radius 2 is 2.45 bits per heavy atom. The molecule has 0 heterocycles. The van der Waals surface area contributed by atoms with Crippen LogP contribution in [0.5, 0.6) is 0 Å². The number of hydrogen-bond donors (Lipinski definition) is 1. The number of carbonyl (C=O) groups excluding carboxylic acids is 1. The molecule has 0 aromatic rings. The van der Waals surface area contributed by atoms with Crippen LogP contribution in [-0.4, -0.2) is 16.7 Å². The topological polar surface area (TPSA) is 49.7 Å². The van der Waals surface area contributed by atoms with Crippen LogP contribution in [0.3, 0.4) is 0 Å². The lowest BCUT2D eigenvalue weighted by molar-refractivity contribution is -0.113. The summed E-state index contributed by atoms with van der Waals surface area (Å²) in [5.41, 5.74) is 0.940. The Morgan fingerprint density at radius 3 is 2.91 bits per heavy atom. The zero-order valence-electron chi connectivity index (χ0n) is 6.24. The maximum atomic E-state index is 10.9. The summed E-state index contributed by atoms with van der Waals surface area (Å²) in [7, 11) is 0. The van der Waals surface area contributed by atoms with Gasteiger partial charge in [0, 0.05) is 12.0 Å². The summed E-state index contributed by atoms with van der Waals surface area (Å²) in [6.07, 6.45) is 5.80. The van der Waals surface area contributed by atoms with Crippen molar-refractivity contribution in [2.75, 3.05) is 0 Å². The molecule has 0 aromatic heterocycles. The molecule has 1 rings (SSSR count). The fourth-order valence-corrected chi connectivity index (χ4v) is 0.965. The Balaban J connectivity index is 2.97. The molecule has 3 heteroatoms. The molecule has 0 radical (unpaired) electrons. The predicted octanol–water partition coefficient (Wildman–Crippen LogP) is 1.29. The third-order valence-corrected chi connectivity index (χ3v) is 1.52. The van der Waals surface area contributed by atoms with Gasteiger partial charge in [0.1, 0.15) is 0 Å². The Morgan fingerprint density at radius 1 is 1.73 bits per heavy atom. The molecule has 11 heavy (non-hydrogen) atoms. The Hall–Kier alpha value is -1.38. The summed E-state index contributed by atoms with van der Waals surface area (Å²) < 4.78 is 0. The van der Waals surface area contributed by atoms with E-state index in [1.807, 2.05) is 6.08 Å². The summed E-state index contributed by atoms with van der Waals surface area (Å²) >= 11 is 0. The van der Waals surface area contributed by atoms with Crippen LogP contribution in [0.1, 0.15) is 13.3 Å². The lowest BCUT2D eigenvalue weighted by Gasteiger charge is -2.05. The number of rotatable bonds is 1. The van der Waals surface area contributed by atoms with E-state index in [0.717, 1.165) is 0 Å². The zero-order valence-corrected chi connectivity index (χ0v) is 6.24. The van der Waals surface area contributed by atoms with E-state index in [1.165, 1.54) is 6.92 Å². The summed E-state index contributed by atoms with van der Waals surface area (Å²) in [5.74, 6) is -0.0675. The minimum atomic E-state index is -0.0675. The van der Waals surface area contributed by atoms with Gasteiger partial charge in [-0.3, -0.25) is 4.79 Å². The van der Waals surface area contributed by atoms with E-state index in [4.69, 9.17) is 5.21 Å². The second kappa shape index (κ2) is 3.14. The van der Waals surface area contributed by atoms with Crippen LogP contribution in [0.4, 0.5) is 0 Å². The predicted molar refractivity (Wildman–Crippen MR) is 41.7 cm³/mol. The molecule has 3 nitrogen and oxygen atoms in total. The van der Waals surface area contributed by atoms with Crippen molar-refractivity contribution in [2.24, 2.45) is 5.16 Å². The smallest absolute Gasteiger partial charge is 0.161 e. The van der Waals surface area contributed by atoms with Gasteiger partial charge in [-0.25, -0.2) is 0 Å². The molecule has 0 aliphatic heterocycles. The first-order chi connectivity index (χ1) is 5.25. The van der Waals surface area contributed by atoms with Gasteiger partial charge in [0.15, 0.2) is 5.78 Å². The highest BCUT2D eigenvalue weighted by molar-refractivity contribution is 6.22. The maximum Gasteiger partial charge on any atom is 0.161 e. The molecule has 1 aliphatic rings. The van der Waals surface area contributed by atoms with Crippen LogP contribution in [0.2, 0.25) is 0 Å². The number of nitrogens with zero attached hydrogens (tertiary/aromatic N) is 1. The van der Waals surface area contributed by atoms with Gasteiger partial charge >= 0.3 is 0 Å². The Kier molecular flexibility index (Phi) is 2.21. The molecule has 0 saturated carbocycles. The molecule has 0 spiro atoms. The normalized spacial score (nSPS) is 20.1. The van der Waals surface area contributed by atoms with Gasteiger partial charge in [0.2, 0.25) is 0 Å². The van der Waals surface area contributed by atoms with Crippen molar-refractivity contribution in [1.29, 1.82) is 0 Å². The van der Waals surface area contributed by atoms with Crippen molar-refractivity contribution < 1.29 is 10.0 Å². The van der Waals surface area contributed by atoms with Crippen LogP contribution in [-0.2, 0) is 4.79 Å². The van der Waals surface area contributed by atoms with E-state index >= 15 is 0 Å². The fraction of sp³-hybridized carbons (Fsp3) is 0.250. The standard InChI is InChI=1S/C8H9NO2/c1-6(10)7-4-2-3-5-8(7)9-11/h2-4,11H,5H2,1H3/b9-8+. The van der Waals surface area contributed by atoms with E-state index < -0.39 is 0 Å². The quantitative estimate of drug-likeness (QED) is 0.453. The molecule has 0 atom stereocenters. The molecule has 0 bridgehead atoms. The molecule has 0 amide bonds. The van der Waals surface area contributed by atoms with E-state index in [9.17, 15) is 4.79 Å². The van der Waals surface area contributed by atoms with Crippen LogP contribution in [0.15, 0.2) is 29.0 Å². The number of Topliss-reactive ketones (excluding diaryl/α,β-unsaturated/α-hetero) is 1. The van der Waals surface area contributed by atoms with Crippen molar-refractivity contribution in [3.8, 4) is 0 Å². The molecule has 0 fully saturated rings. The van der Waals surface area contributed by atoms with E-state index in [2.05, 4.69) is 5.16 Å². The largest absolute Gasteiger partial charge is 0.411 e. The molecule has 1 N–H and O–H groups in total. The molecular weight excluding hydrogens is 142 g/mol. The number of allylic oxidation sites excluding steroid dienone is 4. The number of oxime groups is 1. The highest BCUT2D eigenvalue weighted by Crippen LogP contribution is 2.09. The van der Waals surface area contributed by atoms with Crippen LogP contribution in [0, 0.1) is 0 Å². The lowest BCUT2D eigenvalue weighted by Crippen LogP contribution is -2.11. The SMILES string of the molecule is CC(=O)C1=CC=CC/C1=N\O. The van der Waals surface area contributed by atoms with Crippen molar-refractivity contribution >= 4 is 11.5 Å². The molecule has 0 unspecified atom stereocenters. The van der Waals surface area contributed by atoms with E-state index in [-0.39, 0.29) is 5.78 Å². The van der Waals surface area contributed by atoms with E-state index in [0.29, 0.717) is 17.7 Å². The number of carbonyl (C=O) groups is 1. The van der Waals surface area contributed by atoms with Gasteiger partial charge < -0.3 is 5.21 Å². The third kappa shape index (κ3) is 1.55. The fourth-order valence-electron chi connectivity index (χ4n) is 0.965. The molecule has 1 aliphatic carbocycles. The second-order valence-electron chi connectivity index (χ2n) is 2.32. The lowest BCUT2D eigenvalue weighted by atomic mass is 10.00. The van der Waals surface area contributed by atoms with Crippen molar-refractivity contribution in [1.82, 2.24) is 0 Å². The average molecular weight is 151 g/mol. The summed E-state index contributed by atoms with van der Waals surface area (Å²) in [5, 5.41) is 11.5. The van der Waals surface area contributed by atoms with Crippen molar-refractivity contribution in [3.05, 3.63) is 23.8 Å². The summed E-state index contributed by atoms with van der Waals surface area (Å²) in [6, 6.07) is 0. The van der Waals surface area contributed by atoms with Crippen LogP contribution >= 0.6 is 0 Å². The molecule has 0 saturated heterocycles. The van der Waals surface area contributed by atoms with Crippen LogP contribution < -0.4 is 0 Å². The summed E-state index contributed by atoms with van der Waals surface area (Å²) in [4.78, 5) is 10.9. The number of hydrogen-bond acceptors (Lipinski definition) is 3. The second-order valence-corrected chi connectivity index (χ2v) is 2.32. The summed E-state index contributed by atoms with van der Waals surface area (Å²) in [6.45, 7) is 1.45. The van der Waals surface area contributed by atoms with Gasteiger partial charge in [-0.1, -0.05) is 17.3 Å². The maximum absolute atomic E-state index is 10.9. The number of ketones is 1. The van der Waals surface area contributed by atoms with Crippen LogP contribution in [0.25, 0.3) is 0 Å². The third-order valence-electron chi connectivity index (χ3n) is 1.52. The first-order valence-electron chi connectivity index (χ1n) is 3.34.